The van der Waals surface area contributed by atoms with E-state index in [-0.39, 0.29) is 5.69 Å². The highest BCUT2D eigenvalue weighted by atomic mass is 35.5. The van der Waals surface area contributed by atoms with Crippen molar-refractivity contribution >= 4 is 23.1 Å². The van der Waals surface area contributed by atoms with Crippen molar-refractivity contribution < 1.29 is 4.39 Å². The molecule has 1 aromatic carbocycles. The number of nitriles is 1. The Morgan fingerprint density at radius 3 is 2.83 bits per heavy atom. The summed E-state index contributed by atoms with van der Waals surface area (Å²) in [6, 6.07) is 8.03. The first-order chi connectivity index (χ1) is 8.61. The van der Waals surface area contributed by atoms with Crippen LogP contribution in [0.15, 0.2) is 30.5 Å². The van der Waals surface area contributed by atoms with Crippen molar-refractivity contribution in [1.82, 2.24) is 4.98 Å². The third kappa shape index (κ3) is 2.41. The molecule has 0 saturated heterocycles. The molecular formula is C13H9ClFN3. The predicted octanol–water partition coefficient (Wildman–Crippen LogP) is 3.80. The van der Waals surface area contributed by atoms with E-state index in [9.17, 15) is 4.39 Å². The molecule has 0 unspecified atom stereocenters. The molecule has 1 N–H and O–H groups in total. The molecule has 5 heteroatoms. The Balaban J connectivity index is 2.41. The maximum atomic E-state index is 13.6. The van der Waals surface area contributed by atoms with E-state index in [2.05, 4.69) is 10.3 Å². The Kier molecular flexibility index (Phi) is 3.45. The SMILES string of the molecule is Cc1ccnc(Nc2ccc(Cl)cc2F)c1C#N. The van der Waals surface area contributed by atoms with E-state index in [1.807, 2.05) is 6.07 Å². The standard InChI is InChI=1S/C13H9ClFN3/c1-8-4-5-17-13(10(8)7-16)18-12-3-2-9(14)6-11(12)15/h2-6H,1H3,(H,17,18). The lowest BCUT2D eigenvalue weighted by molar-refractivity contribution is 0.632. The van der Waals surface area contributed by atoms with Crippen LogP contribution in [0.1, 0.15) is 11.1 Å². The summed E-state index contributed by atoms with van der Waals surface area (Å²) < 4.78 is 13.6. The van der Waals surface area contributed by atoms with Crippen LogP contribution in [-0.2, 0) is 0 Å². The number of hydrogen-bond donors (Lipinski definition) is 1. The Bertz CT molecular complexity index is 635. The number of nitrogens with one attached hydrogen (secondary N) is 1. The minimum atomic E-state index is -0.491. The van der Waals surface area contributed by atoms with Crippen LogP contribution in [0.25, 0.3) is 0 Å². The highest BCUT2D eigenvalue weighted by Gasteiger charge is 2.09. The fourth-order valence-electron chi connectivity index (χ4n) is 1.51. The monoisotopic (exact) mass is 261 g/mol. The van der Waals surface area contributed by atoms with Gasteiger partial charge in [0, 0.05) is 11.2 Å². The van der Waals surface area contributed by atoms with Crippen LogP contribution in [0.4, 0.5) is 15.9 Å². The average molecular weight is 262 g/mol. The molecule has 0 saturated carbocycles. The van der Waals surface area contributed by atoms with Crippen molar-refractivity contribution in [3.8, 4) is 6.07 Å². The van der Waals surface area contributed by atoms with Gasteiger partial charge in [-0.3, -0.25) is 0 Å². The lowest BCUT2D eigenvalue weighted by Gasteiger charge is -2.09. The molecule has 0 radical (unpaired) electrons. The van der Waals surface area contributed by atoms with E-state index in [4.69, 9.17) is 16.9 Å². The van der Waals surface area contributed by atoms with Crippen LogP contribution in [0.2, 0.25) is 5.02 Å². The lowest BCUT2D eigenvalue weighted by Crippen LogP contribution is -2.00. The van der Waals surface area contributed by atoms with Gasteiger partial charge in [0.25, 0.3) is 0 Å². The van der Waals surface area contributed by atoms with Crippen molar-refractivity contribution in [3.05, 3.63) is 52.4 Å². The van der Waals surface area contributed by atoms with Gasteiger partial charge in [-0.05, 0) is 36.8 Å². The Morgan fingerprint density at radius 2 is 2.17 bits per heavy atom. The Labute approximate surface area is 109 Å². The maximum Gasteiger partial charge on any atom is 0.148 e. The molecule has 18 heavy (non-hydrogen) atoms. The average Bonchev–Trinajstić information content (AvgIpc) is 2.33. The summed E-state index contributed by atoms with van der Waals surface area (Å²) >= 11 is 5.67. The van der Waals surface area contributed by atoms with E-state index >= 15 is 0 Å². The van der Waals surface area contributed by atoms with Gasteiger partial charge in [-0.2, -0.15) is 5.26 Å². The second-order valence-corrected chi connectivity index (χ2v) is 4.15. The normalized spacial score (nSPS) is 9.89. The highest BCUT2D eigenvalue weighted by molar-refractivity contribution is 6.30. The first-order valence-corrected chi connectivity index (χ1v) is 5.57. The fraction of sp³-hybridized carbons (Fsp3) is 0.0769. The molecule has 1 heterocycles. The maximum absolute atomic E-state index is 13.6. The number of pyridine rings is 1. The summed E-state index contributed by atoms with van der Waals surface area (Å²) in [4.78, 5) is 4.04. The number of benzene rings is 1. The number of rotatable bonds is 2. The molecule has 3 nitrogen and oxygen atoms in total. The van der Waals surface area contributed by atoms with E-state index in [0.717, 1.165) is 5.56 Å². The molecule has 0 aliphatic carbocycles. The summed E-state index contributed by atoms with van der Waals surface area (Å²) in [7, 11) is 0. The topological polar surface area (TPSA) is 48.7 Å². The van der Waals surface area contributed by atoms with Crippen molar-refractivity contribution in [2.75, 3.05) is 5.32 Å². The highest BCUT2D eigenvalue weighted by Crippen LogP contribution is 2.24. The number of aryl methyl sites for hydroxylation is 1. The van der Waals surface area contributed by atoms with Crippen molar-refractivity contribution in [2.45, 2.75) is 6.92 Å². The predicted molar refractivity (Wildman–Crippen MR) is 68.4 cm³/mol. The number of hydrogen-bond acceptors (Lipinski definition) is 3. The van der Waals surface area contributed by atoms with Gasteiger partial charge in [0.1, 0.15) is 17.7 Å². The summed E-state index contributed by atoms with van der Waals surface area (Å²) in [5.74, 6) is -0.159. The van der Waals surface area contributed by atoms with Crippen LogP contribution < -0.4 is 5.32 Å². The van der Waals surface area contributed by atoms with Gasteiger partial charge in [-0.15, -0.1) is 0 Å². The number of halogens is 2. The third-order valence-electron chi connectivity index (χ3n) is 2.46. The summed E-state index contributed by atoms with van der Waals surface area (Å²) in [6.07, 6.45) is 1.56. The van der Waals surface area contributed by atoms with Crippen molar-refractivity contribution in [3.63, 3.8) is 0 Å². The van der Waals surface area contributed by atoms with Crippen LogP contribution in [0, 0.1) is 24.1 Å². The van der Waals surface area contributed by atoms with E-state index in [0.29, 0.717) is 16.4 Å². The van der Waals surface area contributed by atoms with Gasteiger partial charge in [-0.1, -0.05) is 11.6 Å². The van der Waals surface area contributed by atoms with Crippen LogP contribution in [-0.4, -0.2) is 4.98 Å². The second kappa shape index (κ2) is 5.03. The molecule has 1 aromatic heterocycles. The quantitative estimate of drug-likeness (QED) is 0.895. The lowest BCUT2D eigenvalue weighted by atomic mass is 10.1. The zero-order chi connectivity index (χ0) is 13.1. The van der Waals surface area contributed by atoms with Crippen molar-refractivity contribution in [1.29, 1.82) is 5.26 Å². The molecule has 2 aromatic rings. The minimum Gasteiger partial charge on any atom is -0.337 e. The smallest absolute Gasteiger partial charge is 0.148 e. The molecule has 2 rings (SSSR count). The van der Waals surface area contributed by atoms with E-state index in [1.165, 1.54) is 12.1 Å². The largest absolute Gasteiger partial charge is 0.337 e. The number of aromatic nitrogens is 1. The minimum absolute atomic E-state index is 0.231. The number of nitrogens with zero attached hydrogens (tertiary/aromatic N) is 2. The Hall–Kier alpha value is -2.12. The van der Waals surface area contributed by atoms with Crippen LogP contribution >= 0.6 is 11.6 Å². The first kappa shape index (κ1) is 12.3. The molecule has 0 bridgehead atoms. The molecular weight excluding hydrogens is 253 g/mol. The zero-order valence-electron chi connectivity index (χ0n) is 9.54. The molecule has 0 spiro atoms. The van der Waals surface area contributed by atoms with Gasteiger partial charge in [-0.25, -0.2) is 9.37 Å². The van der Waals surface area contributed by atoms with Gasteiger partial charge >= 0.3 is 0 Å². The summed E-state index contributed by atoms with van der Waals surface area (Å²) in [5, 5.41) is 12.2. The molecule has 0 fully saturated rings. The van der Waals surface area contributed by atoms with Gasteiger partial charge in [0.15, 0.2) is 0 Å². The van der Waals surface area contributed by atoms with Gasteiger partial charge in [0.2, 0.25) is 0 Å². The summed E-state index contributed by atoms with van der Waals surface area (Å²) in [5.41, 5.74) is 1.41. The summed E-state index contributed by atoms with van der Waals surface area (Å²) in [6.45, 7) is 1.80. The second-order valence-electron chi connectivity index (χ2n) is 3.71. The zero-order valence-corrected chi connectivity index (χ0v) is 10.3. The van der Waals surface area contributed by atoms with Crippen LogP contribution in [0.3, 0.4) is 0 Å². The van der Waals surface area contributed by atoms with Crippen molar-refractivity contribution in [2.24, 2.45) is 0 Å². The third-order valence-corrected chi connectivity index (χ3v) is 2.69. The van der Waals surface area contributed by atoms with Gasteiger partial charge < -0.3 is 5.32 Å². The number of anilines is 2. The van der Waals surface area contributed by atoms with E-state index < -0.39 is 5.82 Å². The molecule has 90 valence electrons. The Morgan fingerprint density at radius 1 is 1.39 bits per heavy atom. The molecule has 0 amide bonds. The van der Waals surface area contributed by atoms with Gasteiger partial charge in [0.05, 0.1) is 11.3 Å². The first-order valence-electron chi connectivity index (χ1n) is 5.19. The van der Waals surface area contributed by atoms with E-state index in [1.54, 1.807) is 25.3 Å². The molecule has 0 aliphatic rings. The molecule has 0 atom stereocenters. The van der Waals surface area contributed by atoms with Crippen LogP contribution in [0.5, 0.6) is 0 Å². The molecule has 0 aliphatic heterocycles. The fourth-order valence-corrected chi connectivity index (χ4v) is 1.67.